The summed E-state index contributed by atoms with van der Waals surface area (Å²) in [6.45, 7) is 1.36. The molecular formula is C10H8N4O4S. The molecule has 98 valence electrons. The quantitative estimate of drug-likeness (QED) is 0.718. The summed E-state index contributed by atoms with van der Waals surface area (Å²) in [6, 6.07) is 0. The zero-order chi connectivity index (χ0) is 14.0. The van der Waals surface area contributed by atoms with Crippen molar-refractivity contribution in [2.24, 2.45) is 0 Å². The molecule has 0 aliphatic rings. The van der Waals surface area contributed by atoms with Crippen LogP contribution in [0.15, 0.2) is 11.7 Å². The van der Waals surface area contributed by atoms with Crippen molar-refractivity contribution in [3.63, 3.8) is 0 Å². The van der Waals surface area contributed by atoms with Gasteiger partial charge in [-0.3, -0.25) is 14.9 Å². The molecule has 19 heavy (non-hydrogen) atoms. The van der Waals surface area contributed by atoms with Crippen LogP contribution >= 0.6 is 11.3 Å². The number of imidazole rings is 1. The number of carboxylic acid groups (broad SMARTS) is 1. The van der Waals surface area contributed by atoms with E-state index in [0.717, 1.165) is 17.7 Å². The molecule has 0 atom stereocenters. The first-order valence-electron chi connectivity index (χ1n) is 5.03. The van der Waals surface area contributed by atoms with Crippen molar-refractivity contribution in [1.82, 2.24) is 15.0 Å². The molecule has 0 saturated heterocycles. The average Bonchev–Trinajstić information content (AvgIpc) is 2.96. The highest BCUT2D eigenvalue weighted by Gasteiger charge is 2.20. The van der Waals surface area contributed by atoms with Crippen LogP contribution in [0.1, 0.15) is 38.4 Å². The summed E-state index contributed by atoms with van der Waals surface area (Å²) in [6.07, 6.45) is 1.11. The molecule has 0 aromatic carbocycles. The van der Waals surface area contributed by atoms with Crippen LogP contribution in [0.5, 0.6) is 0 Å². The predicted molar refractivity (Wildman–Crippen MR) is 65.6 cm³/mol. The van der Waals surface area contributed by atoms with Crippen molar-refractivity contribution < 1.29 is 19.5 Å². The number of nitrogens with zero attached hydrogens (tertiary/aromatic N) is 2. The Balaban J connectivity index is 2.18. The maximum atomic E-state index is 11.8. The van der Waals surface area contributed by atoms with Gasteiger partial charge in [-0.1, -0.05) is 0 Å². The SMILES string of the molecule is CC(=O)c1csc(NC(=O)c2nc[nH]c2C(=O)O)n1. The summed E-state index contributed by atoms with van der Waals surface area (Å²) in [5, 5.41) is 12.9. The monoisotopic (exact) mass is 280 g/mol. The fraction of sp³-hybridized carbons (Fsp3) is 0.100. The number of hydrogen-bond donors (Lipinski definition) is 3. The Morgan fingerprint density at radius 3 is 2.74 bits per heavy atom. The Labute approximate surface area is 110 Å². The van der Waals surface area contributed by atoms with E-state index in [1.807, 2.05) is 0 Å². The molecule has 2 heterocycles. The predicted octanol–water partition coefficient (Wildman–Crippen LogP) is 1.02. The molecule has 3 N–H and O–H groups in total. The van der Waals surface area contributed by atoms with Crippen molar-refractivity contribution in [2.75, 3.05) is 5.32 Å². The number of anilines is 1. The zero-order valence-electron chi connectivity index (χ0n) is 9.63. The molecule has 2 aromatic rings. The number of nitrogens with one attached hydrogen (secondary N) is 2. The second kappa shape index (κ2) is 4.98. The summed E-state index contributed by atoms with van der Waals surface area (Å²) in [5.74, 6) is -2.21. The molecule has 9 heteroatoms. The summed E-state index contributed by atoms with van der Waals surface area (Å²) >= 11 is 1.07. The van der Waals surface area contributed by atoms with E-state index >= 15 is 0 Å². The Kier molecular flexibility index (Phi) is 3.38. The van der Waals surface area contributed by atoms with Crippen LogP contribution in [-0.2, 0) is 0 Å². The van der Waals surface area contributed by atoms with Crippen molar-refractivity contribution in [2.45, 2.75) is 6.92 Å². The molecule has 0 unspecified atom stereocenters. The summed E-state index contributed by atoms with van der Waals surface area (Å²) in [4.78, 5) is 43.6. The molecule has 0 aliphatic carbocycles. The molecule has 0 saturated carbocycles. The van der Waals surface area contributed by atoms with E-state index in [9.17, 15) is 14.4 Å². The lowest BCUT2D eigenvalue weighted by Gasteiger charge is -1.99. The fourth-order valence-electron chi connectivity index (χ4n) is 1.28. The number of H-pyrrole nitrogens is 1. The third kappa shape index (κ3) is 2.65. The van der Waals surface area contributed by atoms with Crippen LogP contribution in [0.2, 0.25) is 0 Å². The van der Waals surface area contributed by atoms with Crippen LogP contribution in [0.4, 0.5) is 5.13 Å². The number of aromatic nitrogens is 3. The minimum atomic E-state index is -1.29. The second-order valence-electron chi connectivity index (χ2n) is 3.48. The highest BCUT2D eigenvalue weighted by molar-refractivity contribution is 7.14. The first kappa shape index (κ1) is 12.9. The summed E-state index contributed by atoms with van der Waals surface area (Å²) in [7, 11) is 0. The van der Waals surface area contributed by atoms with Crippen molar-refractivity contribution in [3.05, 3.63) is 28.8 Å². The lowest BCUT2D eigenvalue weighted by atomic mass is 10.3. The Hall–Kier alpha value is -2.55. The van der Waals surface area contributed by atoms with Gasteiger partial charge in [0, 0.05) is 12.3 Å². The van der Waals surface area contributed by atoms with Crippen LogP contribution in [0.25, 0.3) is 0 Å². The van der Waals surface area contributed by atoms with Gasteiger partial charge in [-0.05, 0) is 0 Å². The number of carbonyl (C=O) groups excluding carboxylic acids is 2. The third-order valence-electron chi connectivity index (χ3n) is 2.15. The van der Waals surface area contributed by atoms with E-state index in [0.29, 0.717) is 0 Å². The van der Waals surface area contributed by atoms with Gasteiger partial charge in [-0.2, -0.15) is 0 Å². The molecule has 1 amide bonds. The number of thiazole rings is 1. The fourth-order valence-corrected chi connectivity index (χ4v) is 2.02. The lowest BCUT2D eigenvalue weighted by Crippen LogP contribution is -2.16. The first-order chi connectivity index (χ1) is 8.99. The van der Waals surface area contributed by atoms with Gasteiger partial charge >= 0.3 is 5.97 Å². The van der Waals surface area contributed by atoms with Crippen LogP contribution < -0.4 is 5.32 Å². The second-order valence-corrected chi connectivity index (χ2v) is 4.34. The van der Waals surface area contributed by atoms with Crippen molar-refractivity contribution in [3.8, 4) is 0 Å². The van der Waals surface area contributed by atoms with Crippen LogP contribution in [0.3, 0.4) is 0 Å². The number of aromatic amines is 1. The molecular weight excluding hydrogens is 272 g/mol. The molecule has 2 aromatic heterocycles. The van der Waals surface area contributed by atoms with E-state index in [1.54, 1.807) is 0 Å². The number of ketones is 1. The van der Waals surface area contributed by atoms with Gasteiger partial charge in [0.25, 0.3) is 5.91 Å². The Morgan fingerprint density at radius 2 is 2.16 bits per heavy atom. The largest absolute Gasteiger partial charge is 0.477 e. The minimum Gasteiger partial charge on any atom is -0.477 e. The highest BCUT2D eigenvalue weighted by atomic mass is 32.1. The Morgan fingerprint density at radius 1 is 1.42 bits per heavy atom. The number of aromatic carboxylic acids is 1. The van der Waals surface area contributed by atoms with E-state index in [2.05, 4.69) is 20.3 Å². The van der Waals surface area contributed by atoms with Crippen LogP contribution in [0, 0.1) is 0 Å². The number of hydrogen-bond acceptors (Lipinski definition) is 6. The highest BCUT2D eigenvalue weighted by Crippen LogP contribution is 2.17. The molecule has 8 nitrogen and oxygen atoms in total. The van der Waals surface area contributed by atoms with E-state index in [4.69, 9.17) is 5.11 Å². The number of carboxylic acids is 1. The van der Waals surface area contributed by atoms with Crippen LogP contribution in [-0.4, -0.2) is 37.7 Å². The van der Waals surface area contributed by atoms with Gasteiger partial charge in [-0.15, -0.1) is 11.3 Å². The summed E-state index contributed by atoms with van der Waals surface area (Å²) in [5.41, 5.74) is -0.311. The molecule has 0 aliphatic heterocycles. The Bertz CT molecular complexity index is 660. The molecule has 0 bridgehead atoms. The maximum Gasteiger partial charge on any atom is 0.354 e. The molecule has 0 spiro atoms. The minimum absolute atomic E-state index is 0.203. The number of carbonyl (C=O) groups is 3. The van der Waals surface area contributed by atoms with Gasteiger partial charge in [0.15, 0.2) is 22.3 Å². The lowest BCUT2D eigenvalue weighted by molar-refractivity contribution is 0.0686. The van der Waals surface area contributed by atoms with E-state index in [-0.39, 0.29) is 28.0 Å². The van der Waals surface area contributed by atoms with Gasteiger partial charge in [0.05, 0.1) is 6.33 Å². The normalized spacial score (nSPS) is 10.2. The van der Waals surface area contributed by atoms with Crippen molar-refractivity contribution in [1.29, 1.82) is 0 Å². The van der Waals surface area contributed by atoms with Gasteiger partial charge in [-0.25, -0.2) is 14.8 Å². The van der Waals surface area contributed by atoms with Gasteiger partial charge in [0.2, 0.25) is 0 Å². The van der Waals surface area contributed by atoms with Crippen molar-refractivity contribution >= 4 is 34.1 Å². The maximum absolute atomic E-state index is 11.8. The molecule has 0 fully saturated rings. The van der Waals surface area contributed by atoms with E-state index in [1.165, 1.54) is 12.3 Å². The smallest absolute Gasteiger partial charge is 0.354 e. The standard InChI is InChI=1S/C10H8N4O4S/c1-4(15)5-2-19-10(13-5)14-8(16)6-7(9(17)18)12-3-11-6/h2-3H,1H3,(H,11,12)(H,17,18)(H,13,14,16). The van der Waals surface area contributed by atoms with E-state index < -0.39 is 11.9 Å². The van der Waals surface area contributed by atoms with Gasteiger partial charge < -0.3 is 10.1 Å². The third-order valence-corrected chi connectivity index (χ3v) is 2.91. The molecule has 0 radical (unpaired) electrons. The summed E-state index contributed by atoms with van der Waals surface area (Å²) < 4.78 is 0. The number of Topliss-reactive ketones (excluding diaryl/α,β-unsaturated/α-hetero) is 1. The zero-order valence-corrected chi connectivity index (χ0v) is 10.4. The topological polar surface area (TPSA) is 125 Å². The number of amides is 1. The number of rotatable bonds is 4. The molecule has 2 rings (SSSR count). The average molecular weight is 280 g/mol. The van der Waals surface area contributed by atoms with Gasteiger partial charge in [0.1, 0.15) is 5.69 Å². The first-order valence-corrected chi connectivity index (χ1v) is 5.91.